The van der Waals surface area contributed by atoms with Crippen molar-refractivity contribution in [3.8, 4) is 0 Å². The fraction of sp³-hybridized carbons (Fsp3) is 0.381. The number of amides is 1. The van der Waals surface area contributed by atoms with Crippen LogP contribution in [0.15, 0.2) is 54.7 Å². The topological polar surface area (TPSA) is 47.6 Å². The summed E-state index contributed by atoms with van der Waals surface area (Å²) in [6.45, 7) is 15.6. The van der Waals surface area contributed by atoms with Gasteiger partial charge < -0.3 is 14.6 Å². The summed E-state index contributed by atoms with van der Waals surface area (Å²) < 4.78 is 12.3. The molecular formula is C21H28BNO3. The molecule has 5 heteroatoms. The number of anilines is 1. The van der Waals surface area contributed by atoms with Crippen molar-refractivity contribution in [2.24, 2.45) is 0 Å². The number of nitrogens with one attached hydrogen (secondary N) is 1. The lowest BCUT2D eigenvalue weighted by Gasteiger charge is -2.32. The zero-order chi connectivity index (χ0) is 19.5. The van der Waals surface area contributed by atoms with E-state index in [2.05, 4.69) is 11.9 Å². The van der Waals surface area contributed by atoms with Crippen LogP contribution in [0.5, 0.6) is 0 Å². The molecule has 1 heterocycles. The lowest BCUT2D eigenvalue weighted by atomic mass is 9.76. The number of hydrogen-bond acceptors (Lipinski definition) is 3. The number of allylic oxidation sites excluding steroid dienone is 3. The molecule has 0 saturated carbocycles. The van der Waals surface area contributed by atoms with Crippen molar-refractivity contribution in [1.29, 1.82) is 0 Å². The van der Waals surface area contributed by atoms with Crippen molar-refractivity contribution in [2.45, 2.75) is 52.7 Å². The van der Waals surface area contributed by atoms with Crippen LogP contribution < -0.4 is 10.8 Å². The van der Waals surface area contributed by atoms with Crippen molar-refractivity contribution < 1.29 is 14.1 Å². The summed E-state index contributed by atoms with van der Waals surface area (Å²) in [7, 11) is -0.462. The van der Waals surface area contributed by atoms with Gasteiger partial charge in [0.1, 0.15) is 0 Å². The van der Waals surface area contributed by atoms with Gasteiger partial charge in [-0.3, -0.25) is 4.79 Å². The van der Waals surface area contributed by atoms with Gasteiger partial charge in [0.15, 0.2) is 0 Å². The first-order chi connectivity index (χ1) is 12.1. The first-order valence-corrected chi connectivity index (χ1v) is 8.84. The molecule has 1 saturated heterocycles. The molecule has 0 spiro atoms. The maximum atomic E-state index is 12.5. The molecule has 1 N–H and O–H groups in total. The van der Waals surface area contributed by atoms with Crippen molar-refractivity contribution in [3.05, 3.63) is 60.2 Å². The van der Waals surface area contributed by atoms with Gasteiger partial charge in [-0.25, -0.2) is 0 Å². The lowest BCUT2D eigenvalue weighted by molar-refractivity contribution is -0.112. The second kappa shape index (κ2) is 7.64. The van der Waals surface area contributed by atoms with Crippen molar-refractivity contribution in [2.75, 3.05) is 5.32 Å². The normalized spacial score (nSPS) is 19.0. The third kappa shape index (κ3) is 4.17. The Balaban J connectivity index is 2.27. The minimum Gasteiger partial charge on any atom is -0.399 e. The first kappa shape index (κ1) is 20.2. The van der Waals surface area contributed by atoms with E-state index in [1.165, 1.54) is 0 Å². The molecule has 1 aliphatic heterocycles. The highest BCUT2D eigenvalue weighted by molar-refractivity contribution is 6.62. The van der Waals surface area contributed by atoms with Crippen LogP contribution in [0.2, 0.25) is 0 Å². The molecule has 0 aliphatic carbocycles. The summed E-state index contributed by atoms with van der Waals surface area (Å²) in [4.78, 5) is 12.5. The van der Waals surface area contributed by atoms with E-state index in [0.29, 0.717) is 11.3 Å². The van der Waals surface area contributed by atoms with E-state index in [-0.39, 0.29) is 5.91 Å². The number of hydrogen-bond donors (Lipinski definition) is 1. The van der Waals surface area contributed by atoms with Crippen LogP contribution in [-0.4, -0.2) is 24.2 Å². The van der Waals surface area contributed by atoms with E-state index in [1.807, 2.05) is 65.8 Å². The zero-order valence-corrected chi connectivity index (χ0v) is 16.6. The van der Waals surface area contributed by atoms with Gasteiger partial charge in [-0.15, -0.1) is 0 Å². The molecule has 4 nitrogen and oxygen atoms in total. The predicted molar refractivity (Wildman–Crippen MR) is 109 cm³/mol. The van der Waals surface area contributed by atoms with Crippen LogP contribution in [0.25, 0.3) is 0 Å². The molecule has 0 bridgehead atoms. The number of carbonyl (C=O) groups excluding carboxylic acids is 1. The smallest absolute Gasteiger partial charge is 0.399 e. The molecule has 2 rings (SSSR count). The zero-order valence-electron chi connectivity index (χ0n) is 16.6. The second-order valence-corrected chi connectivity index (χ2v) is 7.47. The second-order valence-electron chi connectivity index (χ2n) is 7.47. The minimum absolute atomic E-state index is 0.188. The number of aryl methyl sites for hydroxylation is 1. The van der Waals surface area contributed by atoms with Crippen LogP contribution in [0.4, 0.5) is 5.69 Å². The third-order valence-corrected chi connectivity index (χ3v) is 4.95. The largest absolute Gasteiger partial charge is 0.495 e. The highest BCUT2D eigenvalue weighted by Crippen LogP contribution is 2.36. The van der Waals surface area contributed by atoms with Crippen LogP contribution in [0.1, 0.15) is 40.2 Å². The third-order valence-electron chi connectivity index (χ3n) is 4.95. The summed E-state index contributed by atoms with van der Waals surface area (Å²) >= 11 is 0. The minimum atomic E-state index is -0.462. The van der Waals surface area contributed by atoms with Crippen LogP contribution in [-0.2, 0) is 14.1 Å². The summed E-state index contributed by atoms with van der Waals surface area (Å²) in [5.41, 5.74) is 2.40. The van der Waals surface area contributed by atoms with E-state index in [4.69, 9.17) is 9.31 Å². The SMILES string of the molecule is C=CC=C(C=CC)C(=O)Nc1ccc(C)c(B2OC(C)(C)C(C)(C)O2)c1. The summed E-state index contributed by atoms with van der Waals surface area (Å²) in [5.74, 6) is -0.188. The standard InChI is InChI=1S/C21H28BNO3/c1-8-10-16(11-9-2)19(24)23-17-13-12-15(3)18(14-17)22-25-20(4,5)21(6,7)26-22/h8-14H,1H2,2-7H3,(H,23,24). The molecule has 0 atom stereocenters. The van der Waals surface area contributed by atoms with Crippen molar-refractivity contribution >= 4 is 24.2 Å². The van der Waals surface area contributed by atoms with Crippen LogP contribution in [0, 0.1) is 6.92 Å². The average molecular weight is 353 g/mol. The maximum absolute atomic E-state index is 12.5. The van der Waals surface area contributed by atoms with Crippen LogP contribution in [0.3, 0.4) is 0 Å². The van der Waals surface area contributed by atoms with Gasteiger partial charge in [0.05, 0.1) is 11.2 Å². The molecule has 0 radical (unpaired) electrons. The predicted octanol–water partition coefficient (Wildman–Crippen LogP) is 3.92. The Hall–Kier alpha value is -2.11. The molecule has 0 unspecified atom stereocenters. The number of rotatable bonds is 5. The molecular weight excluding hydrogens is 325 g/mol. The van der Waals surface area contributed by atoms with E-state index >= 15 is 0 Å². The van der Waals surface area contributed by atoms with Gasteiger partial charge in [0.25, 0.3) is 5.91 Å². The summed E-state index contributed by atoms with van der Waals surface area (Å²) in [6.07, 6.45) is 6.85. The fourth-order valence-electron chi connectivity index (χ4n) is 2.66. The van der Waals surface area contributed by atoms with Gasteiger partial charge in [-0.05, 0) is 59.1 Å². The molecule has 1 aromatic rings. The molecule has 1 amide bonds. The lowest BCUT2D eigenvalue weighted by Crippen LogP contribution is -2.41. The molecule has 0 aromatic heterocycles. The van der Waals surface area contributed by atoms with E-state index < -0.39 is 18.3 Å². The van der Waals surface area contributed by atoms with E-state index in [1.54, 1.807) is 18.2 Å². The van der Waals surface area contributed by atoms with E-state index in [9.17, 15) is 4.79 Å². The molecule has 1 aromatic carbocycles. The van der Waals surface area contributed by atoms with Gasteiger partial charge in [0.2, 0.25) is 0 Å². The Kier molecular flexibility index (Phi) is 5.94. The molecule has 1 fully saturated rings. The van der Waals surface area contributed by atoms with Gasteiger partial charge in [-0.1, -0.05) is 42.5 Å². The Labute approximate surface area is 157 Å². The fourth-order valence-corrected chi connectivity index (χ4v) is 2.66. The molecule has 138 valence electrons. The monoisotopic (exact) mass is 353 g/mol. The van der Waals surface area contributed by atoms with Crippen molar-refractivity contribution in [3.63, 3.8) is 0 Å². The Morgan fingerprint density at radius 3 is 2.35 bits per heavy atom. The summed E-state index contributed by atoms with van der Waals surface area (Å²) in [5, 5.41) is 2.93. The number of carbonyl (C=O) groups is 1. The van der Waals surface area contributed by atoms with E-state index in [0.717, 1.165) is 11.0 Å². The number of benzene rings is 1. The average Bonchev–Trinajstić information content (AvgIpc) is 2.76. The van der Waals surface area contributed by atoms with Gasteiger partial charge in [-0.2, -0.15) is 0 Å². The van der Waals surface area contributed by atoms with Crippen LogP contribution >= 0.6 is 0 Å². The molecule has 1 aliphatic rings. The highest BCUT2D eigenvalue weighted by atomic mass is 16.7. The Bertz CT molecular complexity index is 747. The van der Waals surface area contributed by atoms with Crippen molar-refractivity contribution in [1.82, 2.24) is 0 Å². The maximum Gasteiger partial charge on any atom is 0.495 e. The van der Waals surface area contributed by atoms with Gasteiger partial charge in [0, 0.05) is 11.3 Å². The Morgan fingerprint density at radius 2 is 1.81 bits per heavy atom. The Morgan fingerprint density at radius 1 is 1.19 bits per heavy atom. The molecule has 26 heavy (non-hydrogen) atoms. The van der Waals surface area contributed by atoms with Gasteiger partial charge >= 0.3 is 7.12 Å². The first-order valence-electron chi connectivity index (χ1n) is 8.84. The summed E-state index contributed by atoms with van der Waals surface area (Å²) in [6, 6.07) is 5.75. The highest BCUT2D eigenvalue weighted by Gasteiger charge is 2.52. The quantitative estimate of drug-likeness (QED) is 0.496.